The highest BCUT2D eigenvalue weighted by Crippen LogP contribution is 2.55. The number of fused-ring (bicyclic) bond motifs is 6. The van der Waals surface area contributed by atoms with Gasteiger partial charge in [-0.15, -0.1) is 0 Å². The zero-order valence-corrected chi connectivity index (χ0v) is 37.9. The van der Waals surface area contributed by atoms with Crippen LogP contribution in [0.5, 0.6) is 0 Å². The summed E-state index contributed by atoms with van der Waals surface area (Å²) in [5, 5.41) is 11.8. The van der Waals surface area contributed by atoms with Crippen LogP contribution in [-0.4, -0.2) is 28.9 Å². The summed E-state index contributed by atoms with van der Waals surface area (Å²) in [6.07, 6.45) is 5.38. The first kappa shape index (κ1) is 40.7. The summed E-state index contributed by atoms with van der Waals surface area (Å²) in [5.74, 6) is -0.828. The summed E-state index contributed by atoms with van der Waals surface area (Å²) >= 11 is 0. The molecule has 0 bridgehead atoms. The lowest BCUT2D eigenvalue weighted by Crippen LogP contribution is -2.49. The van der Waals surface area contributed by atoms with Gasteiger partial charge in [0.1, 0.15) is 0 Å². The molecule has 8 heteroatoms. The van der Waals surface area contributed by atoms with Crippen LogP contribution in [0.25, 0.3) is 11.1 Å². The average molecular weight is 877 g/mol. The molecule has 7 aromatic carbocycles. The zero-order chi connectivity index (χ0) is 46.1. The van der Waals surface area contributed by atoms with Gasteiger partial charge < -0.3 is 14.9 Å². The SMILES string of the molecule is CC1C=CC=C2C1N(c1cccc3c1C(=O)N(c1ccc(-c4ccc(N5C(=O)c6c(cccc6N6c7ccccc7C(C)(C)c7ccccc76)C5O)cc4)cc1)C3=O)c1ccccc1C2(C)C. The van der Waals surface area contributed by atoms with Crippen LogP contribution in [0, 0.1) is 5.92 Å². The number of anilines is 7. The molecule has 3 amide bonds. The highest BCUT2D eigenvalue weighted by atomic mass is 16.3. The summed E-state index contributed by atoms with van der Waals surface area (Å²) in [6, 6.07) is 51.2. The second kappa shape index (κ2) is 14.6. The highest BCUT2D eigenvalue weighted by molar-refractivity contribution is 6.36. The fraction of sp³-hybridized carbons (Fsp3) is 0.169. The summed E-state index contributed by atoms with van der Waals surface area (Å²) in [4.78, 5) is 50.7. The van der Waals surface area contributed by atoms with Gasteiger partial charge in [-0.25, -0.2) is 4.90 Å². The maximum atomic E-state index is 14.6. The van der Waals surface area contributed by atoms with Crippen LogP contribution in [-0.2, 0) is 10.8 Å². The Bertz CT molecular complexity index is 3280. The number of imide groups is 1. The summed E-state index contributed by atoms with van der Waals surface area (Å²) in [6.45, 7) is 11.2. The summed E-state index contributed by atoms with van der Waals surface area (Å²) in [5.41, 5.74) is 13.3. The molecule has 0 fully saturated rings. The normalized spacial score (nSPS) is 20.5. The first-order valence-corrected chi connectivity index (χ1v) is 23.0. The number of allylic oxidation sites excluding steroid dienone is 2. The van der Waals surface area contributed by atoms with Crippen molar-refractivity contribution in [2.45, 2.75) is 57.7 Å². The van der Waals surface area contributed by atoms with E-state index in [1.165, 1.54) is 20.9 Å². The smallest absolute Gasteiger partial charge is 0.268 e. The van der Waals surface area contributed by atoms with Crippen molar-refractivity contribution in [3.8, 4) is 11.1 Å². The zero-order valence-electron chi connectivity index (χ0n) is 37.9. The first-order chi connectivity index (χ1) is 32.4. The van der Waals surface area contributed by atoms with Crippen molar-refractivity contribution in [2.75, 3.05) is 19.6 Å². The van der Waals surface area contributed by atoms with Crippen LogP contribution in [0.3, 0.4) is 0 Å². The Kier molecular flexibility index (Phi) is 8.86. The third kappa shape index (κ3) is 5.72. The Labute approximate surface area is 390 Å². The molecule has 3 unspecified atom stereocenters. The average Bonchev–Trinajstić information content (AvgIpc) is 3.76. The van der Waals surface area contributed by atoms with Crippen molar-refractivity contribution in [1.29, 1.82) is 0 Å². The van der Waals surface area contributed by atoms with Gasteiger partial charge in [-0.05, 0) is 100.0 Å². The predicted molar refractivity (Wildman–Crippen MR) is 266 cm³/mol. The van der Waals surface area contributed by atoms with Crippen LogP contribution < -0.4 is 19.6 Å². The van der Waals surface area contributed by atoms with Gasteiger partial charge in [0.2, 0.25) is 0 Å². The predicted octanol–water partition coefficient (Wildman–Crippen LogP) is 12.8. The molecule has 0 saturated carbocycles. The van der Waals surface area contributed by atoms with E-state index in [2.05, 4.69) is 117 Å². The van der Waals surface area contributed by atoms with E-state index in [4.69, 9.17) is 0 Å². The molecule has 1 N–H and O–H groups in total. The van der Waals surface area contributed by atoms with Crippen molar-refractivity contribution in [3.63, 3.8) is 0 Å². The van der Waals surface area contributed by atoms with Gasteiger partial charge in [0.05, 0.1) is 51.2 Å². The molecule has 0 radical (unpaired) electrons. The maximum absolute atomic E-state index is 14.6. The van der Waals surface area contributed by atoms with Crippen molar-refractivity contribution in [2.24, 2.45) is 5.92 Å². The molecule has 4 heterocycles. The van der Waals surface area contributed by atoms with E-state index in [-0.39, 0.29) is 40.5 Å². The number of carbonyl (C=O) groups is 3. The molecular weight excluding hydrogens is 829 g/mol. The maximum Gasteiger partial charge on any atom is 0.268 e. The van der Waals surface area contributed by atoms with E-state index in [0.29, 0.717) is 39.3 Å². The summed E-state index contributed by atoms with van der Waals surface area (Å²) in [7, 11) is 0. The first-order valence-electron chi connectivity index (χ1n) is 23.0. The van der Waals surface area contributed by atoms with E-state index in [1.54, 1.807) is 6.07 Å². The minimum absolute atomic E-state index is 0.0348. The largest absolute Gasteiger partial charge is 0.369 e. The molecule has 0 saturated heterocycles. The van der Waals surface area contributed by atoms with Gasteiger partial charge in [0.25, 0.3) is 17.7 Å². The van der Waals surface area contributed by atoms with Gasteiger partial charge in [0.15, 0.2) is 6.23 Å². The minimum Gasteiger partial charge on any atom is -0.369 e. The molecule has 8 nitrogen and oxygen atoms in total. The van der Waals surface area contributed by atoms with Gasteiger partial charge in [0, 0.05) is 27.8 Å². The Balaban J connectivity index is 0.829. The van der Waals surface area contributed by atoms with Gasteiger partial charge in [-0.1, -0.05) is 150 Å². The lowest BCUT2D eigenvalue weighted by molar-refractivity contribution is 0.0917. The molecule has 0 aromatic heterocycles. The number of hydrogen-bond acceptors (Lipinski definition) is 6. The van der Waals surface area contributed by atoms with Gasteiger partial charge in [-0.3, -0.25) is 19.3 Å². The van der Waals surface area contributed by atoms with Crippen LogP contribution >= 0.6 is 0 Å². The molecule has 12 rings (SSSR count). The van der Waals surface area contributed by atoms with E-state index < -0.39 is 6.23 Å². The number of rotatable bonds is 5. The number of hydrogen-bond donors (Lipinski definition) is 1. The van der Waals surface area contributed by atoms with Crippen molar-refractivity contribution < 1.29 is 19.5 Å². The molecule has 3 atom stereocenters. The fourth-order valence-corrected chi connectivity index (χ4v) is 11.6. The molecule has 1 aliphatic carbocycles. The standard InChI is InChI=1S/C59H48N4O4/c1-35-15-12-21-45-53(35)63(48-24-11-8-20-44(48)59(45,4)5)50-26-14-17-41-52(50)57(67)61(55(41)65)39-33-29-37(30-34-39)36-27-31-38(32-28-36)60-54(64)40-16-13-25-49(51(40)56(60)66)62-46-22-9-6-18-42(46)58(2,3)43-19-7-10-23-47(43)62/h6-35,53-54,64H,1-5H3. The lowest BCUT2D eigenvalue weighted by Gasteiger charge is -2.51. The van der Waals surface area contributed by atoms with Crippen LogP contribution in [0.4, 0.5) is 39.8 Å². The van der Waals surface area contributed by atoms with Gasteiger partial charge >= 0.3 is 0 Å². The number of aliphatic hydroxyl groups excluding tert-OH is 1. The summed E-state index contributed by atoms with van der Waals surface area (Å²) < 4.78 is 0. The van der Waals surface area contributed by atoms with Gasteiger partial charge in [-0.2, -0.15) is 0 Å². The molecule has 67 heavy (non-hydrogen) atoms. The number of nitrogens with zero attached hydrogens (tertiary/aromatic N) is 4. The fourth-order valence-electron chi connectivity index (χ4n) is 11.6. The number of benzene rings is 7. The van der Waals surface area contributed by atoms with E-state index >= 15 is 0 Å². The minimum atomic E-state index is -1.18. The van der Waals surface area contributed by atoms with Crippen molar-refractivity contribution in [3.05, 3.63) is 220 Å². The van der Waals surface area contributed by atoms with Crippen LogP contribution in [0.1, 0.15) is 94.2 Å². The third-order valence-corrected chi connectivity index (χ3v) is 15.0. The third-order valence-electron chi connectivity index (χ3n) is 15.0. The van der Waals surface area contributed by atoms with Crippen molar-refractivity contribution >= 4 is 57.5 Å². The topological polar surface area (TPSA) is 84.4 Å². The number of para-hydroxylation sites is 3. The number of carbonyl (C=O) groups excluding carboxylic acids is 3. The van der Waals surface area contributed by atoms with E-state index in [1.807, 2.05) is 97.1 Å². The van der Waals surface area contributed by atoms with E-state index in [9.17, 15) is 19.5 Å². The molecule has 328 valence electrons. The van der Waals surface area contributed by atoms with Crippen molar-refractivity contribution in [1.82, 2.24) is 0 Å². The molecular formula is C59H48N4O4. The molecule has 4 aliphatic heterocycles. The van der Waals surface area contributed by atoms with Crippen LogP contribution in [0.2, 0.25) is 0 Å². The Morgan fingerprint density at radius 2 is 1.01 bits per heavy atom. The second-order valence-corrected chi connectivity index (χ2v) is 19.3. The molecule has 5 aliphatic rings. The Hall–Kier alpha value is -7.81. The number of amides is 3. The second-order valence-electron chi connectivity index (χ2n) is 19.3. The number of aliphatic hydroxyl groups is 1. The van der Waals surface area contributed by atoms with E-state index in [0.717, 1.165) is 45.0 Å². The highest BCUT2D eigenvalue weighted by Gasteiger charge is 2.48. The lowest BCUT2D eigenvalue weighted by atomic mass is 9.66. The molecule has 7 aromatic rings. The Morgan fingerprint density at radius 3 is 1.66 bits per heavy atom. The monoisotopic (exact) mass is 876 g/mol. The quantitative estimate of drug-likeness (QED) is 0.173. The Morgan fingerprint density at radius 1 is 0.478 bits per heavy atom. The molecule has 0 spiro atoms. The van der Waals surface area contributed by atoms with Crippen LogP contribution in [0.15, 0.2) is 182 Å².